The fourth-order valence-electron chi connectivity index (χ4n) is 4.64. The summed E-state index contributed by atoms with van der Waals surface area (Å²) < 4.78 is 10.8. The molecule has 0 atom stereocenters. The topological polar surface area (TPSA) is 49.7 Å². The lowest BCUT2D eigenvalue weighted by molar-refractivity contribution is 0.0548. The lowest BCUT2D eigenvalue weighted by Gasteiger charge is -2.31. The first-order valence-electron chi connectivity index (χ1n) is 12.5. The van der Waals surface area contributed by atoms with Crippen molar-refractivity contribution in [1.82, 2.24) is 4.90 Å². The van der Waals surface area contributed by atoms with Crippen LogP contribution < -0.4 is 9.64 Å². The van der Waals surface area contributed by atoms with Gasteiger partial charge in [0, 0.05) is 37.6 Å². The molecular weight excluding hydrogens is 436 g/mol. The highest BCUT2D eigenvalue weighted by atomic mass is 16.5. The fraction of sp³-hybridized carbons (Fsp3) is 0.379. The molecule has 2 aromatic rings. The molecule has 6 nitrogen and oxygen atoms in total. The van der Waals surface area contributed by atoms with Gasteiger partial charge >= 0.3 is 0 Å². The van der Waals surface area contributed by atoms with E-state index < -0.39 is 0 Å². The highest BCUT2D eigenvalue weighted by Gasteiger charge is 2.25. The number of benzene rings is 2. The van der Waals surface area contributed by atoms with E-state index in [4.69, 9.17) is 9.47 Å². The van der Waals surface area contributed by atoms with Gasteiger partial charge < -0.3 is 19.3 Å². The van der Waals surface area contributed by atoms with Crippen LogP contribution in [0.3, 0.4) is 0 Å². The Bertz CT molecular complexity index is 1070. The van der Waals surface area contributed by atoms with Crippen LogP contribution in [0.1, 0.15) is 37.8 Å². The van der Waals surface area contributed by atoms with Crippen molar-refractivity contribution in [3.8, 4) is 5.75 Å². The van der Waals surface area contributed by atoms with Crippen molar-refractivity contribution in [2.24, 2.45) is 10.2 Å². The summed E-state index contributed by atoms with van der Waals surface area (Å²) in [6, 6.07) is 16.7. The summed E-state index contributed by atoms with van der Waals surface area (Å²) in [7, 11) is 1.67. The smallest absolute Gasteiger partial charge is 0.118 e. The van der Waals surface area contributed by atoms with Gasteiger partial charge in [-0.2, -0.15) is 10.2 Å². The summed E-state index contributed by atoms with van der Waals surface area (Å²) in [5.74, 6) is 0.832. The summed E-state index contributed by atoms with van der Waals surface area (Å²) in [5, 5.41) is 8.69. The highest BCUT2D eigenvalue weighted by molar-refractivity contribution is 5.85. The SMILES string of the molecule is CCN(CC)c1ccc(C=C2CCC(C=NN=Cc3ccc(OC)cc3)=C2N2CCOCC2)cc1. The van der Waals surface area contributed by atoms with E-state index >= 15 is 0 Å². The molecule has 1 aliphatic heterocycles. The van der Waals surface area contributed by atoms with Crippen LogP contribution in [-0.4, -0.2) is 63.8 Å². The predicted molar refractivity (Wildman–Crippen MR) is 146 cm³/mol. The Morgan fingerprint density at radius 1 is 0.886 bits per heavy atom. The minimum Gasteiger partial charge on any atom is -0.497 e. The minimum absolute atomic E-state index is 0.759. The number of methoxy groups -OCH3 is 1. The number of hydrogen-bond acceptors (Lipinski definition) is 6. The molecule has 0 radical (unpaired) electrons. The molecule has 0 unspecified atom stereocenters. The van der Waals surface area contributed by atoms with Crippen molar-refractivity contribution in [3.05, 3.63) is 76.5 Å². The molecule has 1 saturated heterocycles. The van der Waals surface area contributed by atoms with Gasteiger partial charge in [-0.15, -0.1) is 0 Å². The van der Waals surface area contributed by atoms with Gasteiger partial charge in [-0.25, -0.2) is 0 Å². The van der Waals surface area contributed by atoms with E-state index in [1.54, 1.807) is 13.3 Å². The minimum atomic E-state index is 0.759. The molecule has 0 amide bonds. The number of morpholine rings is 1. The molecule has 0 N–H and O–H groups in total. The number of ether oxygens (including phenoxy) is 2. The van der Waals surface area contributed by atoms with E-state index in [1.165, 1.54) is 28.1 Å². The Balaban J connectivity index is 1.55. The molecule has 0 spiro atoms. The zero-order chi connectivity index (χ0) is 24.5. The third-order valence-corrected chi connectivity index (χ3v) is 6.56. The number of allylic oxidation sites excluding steroid dienone is 2. The van der Waals surface area contributed by atoms with Crippen molar-refractivity contribution in [1.29, 1.82) is 0 Å². The molecule has 35 heavy (non-hydrogen) atoms. The Labute approximate surface area is 209 Å². The van der Waals surface area contributed by atoms with E-state index in [1.807, 2.05) is 30.5 Å². The summed E-state index contributed by atoms with van der Waals surface area (Å²) in [6.45, 7) is 9.75. The molecule has 2 aromatic carbocycles. The molecule has 2 aliphatic rings. The van der Waals surface area contributed by atoms with E-state index in [0.29, 0.717) is 0 Å². The van der Waals surface area contributed by atoms with Crippen LogP contribution in [0, 0.1) is 0 Å². The van der Waals surface area contributed by atoms with E-state index in [0.717, 1.165) is 63.5 Å². The van der Waals surface area contributed by atoms with Gasteiger partial charge in [0.05, 0.1) is 32.8 Å². The van der Waals surface area contributed by atoms with Gasteiger partial charge in [0.15, 0.2) is 0 Å². The number of nitrogens with zero attached hydrogens (tertiary/aromatic N) is 4. The molecule has 0 saturated carbocycles. The van der Waals surface area contributed by atoms with Crippen molar-refractivity contribution in [3.63, 3.8) is 0 Å². The zero-order valence-corrected chi connectivity index (χ0v) is 21.1. The van der Waals surface area contributed by atoms with E-state index in [2.05, 4.69) is 64.2 Å². The summed E-state index contributed by atoms with van der Waals surface area (Å²) in [4.78, 5) is 4.81. The molecule has 184 valence electrons. The molecular formula is C29H36N4O2. The van der Waals surface area contributed by atoms with Crippen LogP contribution in [0.4, 0.5) is 5.69 Å². The fourth-order valence-corrected chi connectivity index (χ4v) is 4.64. The Morgan fingerprint density at radius 2 is 1.54 bits per heavy atom. The number of rotatable bonds is 9. The van der Waals surface area contributed by atoms with Gasteiger partial charge in [-0.05, 0) is 91.4 Å². The average Bonchev–Trinajstić information content (AvgIpc) is 3.31. The summed E-state index contributed by atoms with van der Waals surface area (Å²) in [5.41, 5.74) is 7.40. The van der Waals surface area contributed by atoms with E-state index in [9.17, 15) is 0 Å². The normalized spacial score (nSPS) is 17.8. The largest absolute Gasteiger partial charge is 0.497 e. The van der Waals surface area contributed by atoms with E-state index in [-0.39, 0.29) is 0 Å². The standard InChI is InChI=1S/C29H36N4O2/c1-4-32(5-2)27-12-6-23(7-13-27)20-25-10-11-26(29(25)33-16-18-35-19-17-33)22-31-30-21-24-8-14-28(34-3)15-9-24/h6-9,12-15,20-22H,4-5,10-11,16-19H2,1-3H3. The lowest BCUT2D eigenvalue weighted by atomic mass is 10.1. The molecule has 1 aliphatic carbocycles. The van der Waals surface area contributed by atoms with Crippen LogP contribution in [-0.2, 0) is 4.74 Å². The third kappa shape index (κ3) is 6.40. The number of hydrogen-bond donors (Lipinski definition) is 0. The van der Waals surface area contributed by atoms with Gasteiger partial charge in [0.25, 0.3) is 0 Å². The molecule has 1 heterocycles. The summed E-state index contributed by atoms with van der Waals surface area (Å²) in [6.07, 6.45) is 8.01. The summed E-state index contributed by atoms with van der Waals surface area (Å²) >= 11 is 0. The van der Waals surface area contributed by atoms with Crippen molar-refractivity contribution in [2.45, 2.75) is 26.7 Å². The van der Waals surface area contributed by atoms with Gasteiger partial charge in [0.1, 0.15) is 5.75 Å². The zero-order valence-electron chi connectivity index (χ0n) is 21.1. The van der Waals surface area contributed by atoms with Crippen LogP contribution in [0.5, 0.6) is 5.75 Å². The molecule has 4 rings (SSSR count). The maximum Gasteiger partial charge on any atom is 0.118 e. The number of anilines is 1. The Kier molecular flexibility index (Phi) is 8.74. The first-order valence-corrected chi connectivity index (χ1v) is 12.5. The van der Waals surface area contributed by atoms with Gasteiger partial charge in [-0.1, -0.05) is 12.1 Å². The second kappa shape index (κ2) is 12.4. The van der Waals surface area contributed by atoms with Crippen LogP contribution in [0.2, 0.25) is 0 Å². The second-order valence-corrected chi connectivity index (χ2v) is 8.67. The average molecular weight is 473 g/mol. The maximum atomic E-state index is 5.61. The first kappa shape index (κ1) is 24.7. The maximum absolute atomic E-state index is 5.61. The van der Waals surface area contributed by atoms with Crippen molar-refractivity contribution >= 4 is 24.2 Å². The van der Waals surface area contributed by atoms with Crippen LogP contribution >= 0.6 is 0 Å². The van der Waals surface area contributed by atoms with Gasteiger partial charge in [0.2, 0.25) is 0 Å². The quantitative estimate of drug-likeness (QED) is 0.362. The monoisotopic (exact) mass is 472 g/mol. The first-order chi connectivity index (χ1) is 17.2. The predicted octanol–water partition coefficient (Wildman–Crippen LogP) is 5.41. The Morgan fingerprint density at radius 3 is 2.20 bits per heavy atom. The van der Waals surface area contributed by atoms with Crippen molar-refractivity contribution in [2.75, 3.05) is 51.4 Å². The Hall–Kier alpha value is -3.38. The molecule has 1 fully saturated rings. The van der Waals surface area contributed by atoms with Crippen molar-refractivity contribution < 1.29 is 9.47 Å². The second-order valence-electron chi connectivity index (χ2n) is 8.67. The third-order valence-electron chi connectivity index (χ3n) is 6.56. The van der Waals surface area contributed by atoms with Crippen LogP contribution in [0.15, 0.2) is 75.6 Å². The van der Waals surface area contributed by atoms with Gasteiger partial charge in [-0.3, -0.25) is 0 Å². The highest BCUT2D eigenvalue weighted by Crippen LogP contribution is 2.35. The molecule has 6 heteroatoms. The lowest BCUT2D eigenvalue weighted by Crippen LogP contribution is -2.36. The molecule has 0 bridgehead atoms. The molecule has 0 aromatic heterocycles. The van der Waals surface area contributed by atoms with Crippen LogP contribution in [0.25, 0.3) is 6.08 Å².